The Bertz CT molecular complexity index is 1170. The third-order valence-corrected chi connectivity index (χ3v) is 5.87. The van der Waals surface area contributed by atoms with Crippen LogP contribution in [0.4, 0.5) is 22.8 Å². The van der Waals surface area contributed by atoms with Crippen molar-refractivity contribution in [1.29, 1.82) is 0 Å². The summed E-state index contributed by atoms with van der Waals surface area (Å²) in [7, 11) is 0. The maximum absolute atomic E-state index is 14.6. The minimum Gasteiger partial charge on any atom is -0.444 e. The molecule has 13 heteroatoms. The minimum absolute atomic E-state index is 0.0202. The third kappa shape index (κ3) is 12.5. The molecule has 3 N–H and O–H groups in total. The number of alkyl halides is 3. The molecule has 0 heterocycles. The number of alkyl carbamates (subject to hydrolysis) is 1. The lowest BCUT2D eigenvalue weighted by molar-refractivity contribution is -0.274. The molecule has 0 aliphatic heterocycles. The van der Waals surface area contributed by atoms with E-state index in [4.69, 9.17) is 18.9 Å². The second-order valence-corrected chi connectivity index (χ2v) is 11.3. The Morgan fingerprint density at radius 2 is 1.30 bits per heavy atom. The van der Waals surface area contributed by atoms with Crippen LogP contribution in [0.25, 0.3) is 0 Å². The molecule has 0 aliphatic carbocycles. The van der Waals surface area contributed by atoms with Crippen LogP contribution in [0.3, 0.4) is 0 Å². The molecule has 0 radical (unpaired) electrons. The zero-order valence-electron chi connectivity index (χ0n) is 25.0. The fourth-order valence-electron chi connectivity index (χ4n) is 3.67. The molecule has 2 aromatic rings. The molecule has 0 spiro atoms. The predicted octanol–water partition coefficient (Wildman–Crippen LogP) is 5.56. The van der Waals surface area contributed by atoms with E-state index in [1.54, 1.807) is 101 Å². The number of halogens is 3. The fraction of sp³-hybridized carbons (Fsp3) is 0.500. The highest BCUT2D eigenvalue weighted by Crippen LogP contribution is 2.38. The number of hydrazine groups is 1. The predicted molar refractivity (Wildman–Crippen MR) is 151 cm³/mol. The SMILES string of the molecule is CC(C)(C)OC(=O)NCC(C)(C)OCCC[C@@](OCc1ccccc1)(C(=O)NNC(=O)OCc1ccccc1)C(F)(F)F. The van der Waals surface area contributed by atoms with Gasteiger partial charge in [0.05, 0.1) is 12.2 Å². The van der Waals surface area contributed by atoms with Gasteiger partial charge in [-0.1, -0.05) is 60.7 Å². The number of benzene rings is 2. The van der Waals surface area contributed by atoms with E-state index in [0.29, 0.717) is 11.1 Å². The van der Waals surface area contributed by atoms with Gasteiger partial charge in [-0.2, -0.15) is 13.2 Å². The molecule has 3 amide bonds. The van der Waals surface area contributed by atoms with Crippen LogP contribution < -0.4 is 16.2 Å². The summed E-state index contributed by atoms with van der Waals surface area (Å²) in [6.45, 7) is 7.55. The van der Waals surface area contributed by atoms with Gasteiger partial charge >= 0.3 is 18.4 Å². The van der Waals surface area contributed by atoms with Crippen molar-refractivity contribution in [1.82, 2.24) is 16.2 Å². The second-order valence-electron chi connectivity index (χ2n) is 11.3. The Morgan fingerprint density at radius 1 is 0.744 bits per heavy atom. The quantitative estimate of drug-likeness (QED) is 0.200. The Labute approximate surface area is 249 Å². The Kier molecular flexibility index (Phi) is 12.8. The van der Waals surface area contributed by atoms with Crippen molar-refractivity contribution in [2.24, 2.45) is 0 Å². The van der Waals surface area contributed by atoms with Gasteiger partial charge in [-0.3, -0.25) is 10.2 Å². The second kappa shape index (κ2) is 15.6. The molecule has 238 valence electrons. The van der Waals surface area contributed by atoms with E-state index in [1.807, 2.05) is 5.43 Å². The molecule has 0 saturated heterocycles. The van der Waals surface area contributed by atoms with Gasteiger partial charge in [0.15, 0.2) is 0 Å². The Balaban J connectivity index is 2.07. The number of hydrogen-bond acceptors (Lipinski definition) is 7. The van der Waals surface area contributed by atoms with E-state index in [1.165, 1.54) is 0 Å². The first-order chi connectivity index (χ1) is 20.0. The molecule has 0 aromatic heterocycles. The van der Waals surface area contributed by atoms with Gasteiger partial charge in [-0.25, -0.2) is 15.0 Å². The first-order valence-electron chi connectivity index (χ1n) is 13.7. The van der Waals surface area contributed by atoms with Crippen LogP contribution in [0.5, 0.6) is 0 Å². The van der Waals surface area contributed by atoms with E-state index in [-0.39, 0.29) is 26.2 Å². The molecule has 0 unspecified atom stereocenters. The Hall–Kier alpha value is -3.84. The maximum Gasteiger partial charge on any atom is 0.426 e. The molecule has 0 fully saturated rings. The summed E-state index contributed by atoms with van der Waals surface area (Å²) in [5.74, 6) is -1.63. The van der Waals surface area contributed by atoms with Gasteiger partial charge in [0.1, 0.15) is 12.2 Å². The molecule has 10 nitrogen and oxygen atoms in total. The van der Waals surface area contributed by atoms with Crippen LogP contribution in [0.1, 0.15) is 58.6 Å². The van der Waals surface area contributed by atoms with Gasteiger partial charge in [0, 0.05) is 13.2 Å². The average Bonchev–Trinajstić information content (AvgIpc) is 2.93. The topological polar surface area (TPSA) is 124 Å². The highest BCUT2D eigenvalue weighted by atomic mass is 19.4. The standard InChI is InChI=1S/C30H40F3N3O7/c1-27(2,3)43-25(38)34-21-28(4,5)41-18-12-17-29(30(31,32)33,42-20-23-15-10-7-11-16-23)24(37)35-36-26(39)40-19-22-13-8-6-9-14-22/h6-11,13-16H,12,17-21H2,1-5H3,(H,34,38)(H,35,37)(H,36,39)/t29-/m1/s1. The monoisotopic (exact) mass is 611 g/mol. The number of rotatable bonds is 13. The lowest BCUT2D eigenvalue weighted by Gasteiger charge is -2.34. The van der Waals surface area contributed by atoms with Crippen LogP contribution in [-0.4, -0.2) is 54.2 Å². The summed E-state index contributed by atoms with van der Waals surface area (Å²) in [6.07, 6.45) is -8.07. The zero-order valence-corrected chi connectivity index (χ0v) is 25.0. The zero-order chi connectivity index (χ0) is 32.2. The van der Waals surface area contributed by atoms with Crippen LogP contribution in [0.15, 0.2) is 60.7 Å². The van der Waals surface area contributed by atoms with Gasteiger partial charge < -0.3 is 24.3 Å². The molecule has 1 atom stereocenters. The highest BCUT2D eigenvalue weighted by Gasteiger charge is 2.61. The number of amides is 3. The van der Waals surface area contributed by atoms with Crippen LogP contribution in [0, 0.1) is 0 Å². The first kappa shape index (κ1) is 35.4. The average molecular weight is 612 g/mol. The molecule has 2 aromatic carbocycles. The largest absolute Gasteiger partial charge is 0.444 e. The number of hydrogen-bond donors (Lipinski definition) is 3. The number of ether oxygens (including phenoxy) is 4. The molecular weight excluding hydrogens is 571 g/mol. The summed E-state index contributed by atoms with van der Waals surface area (Å²) in [6, 6.07) is 16.6. The molecule has 43 heavy (non-hydrogen) atoms. The van der Waals surface area contributed by atoms with Crippen molar-refractivity contribution < 1.29 is 46.5 Å². The Morgan fingerprint density at radius 3 is 1.84 bits per heavy atom. The summed E-state index contributed by atoms with van der Waals surface area (Å²) in [4.78, 5) is 37.1. The van der Waals surface area contributed by atoms with Crippen molar-refractivity contribution in [3.8, 4) is 0 Å². The van der Waals surface area contributed by atoms with Crippen molar-refractivity contribution in [2.45, 2.75) is 83.7 Å². The van der Waals surface area contributed by atoms with Gasteiger partial charge in [-0.15, -0.1) is 0 Å². The molecule has 0 saturated carbocycles. The number of carbonyl (C=O) groups is 3. The van der Waals surface area contributed by atoms with E-state index in [9.17, 15) is 27.6 Å². The smallest absolute Gasteiger partial charge is 0.426 e. The van der Waals surface area contributed by atoms with Crippen LogP contribution >= 0.6 is 0 Å². The highest BCUT2D eigenvalue weighted by molar-refractivity contribution is 5.87. The fourth-order valence-corrected chi connectivity index (χ4v) is 3.67. The van der Waals surface area contributed by atoms with Crippen molar-refractivity contribution in [2.75, 3.05) is 13.2 Å². The maximum atomic E-state index is 14.6. The number of nitrogens with one attached hydrogen (secondary N) is 3. The van der Waals surface area contributed by atoms with Crippen molar-refractivity contribution in [3.63, 3.8) is 0 Å². The lowest BCUT2D eigenvalue weighted by atomic mass is 9.95. The van der Waals surface area contributed by atoms with E-state index >= 15 is 0 Å². The summed E-state index contributed by atoms with van der Waals surface area (Å²) < 4.78 is 65.0. The van der Waals surface area contributed by atoms with E-state index in [0.717, 1.165) is 0 Å². The summed E-state index contributed by atoms with van der Waals surface area (Å²) >= 11 is 0. The van der Waals surface area contributed by atoms with Gasteiger partial charge in [0.25, 0.3) is 5.91 Å². The molecular formula is C30H40F3N3O7. The van der Waals surface area contributed by atoms with Crippen molar-refractivity contribution >= 4 is 18.1 Å². The first-order valence-corrected chi connectivity index (χ1v) is 13.7. The number of carbonyl (C=O) groups excluding carboxylic acids is 3. The van der Waals surface area contributed by atoms with Gasteiger partial charge in [0.2, 0.25) is 5.60 Å². The molecule has 0 aliphatic rings. The van der Waals surface area contributed by atoms with E-state index in [2.05, 4.69) is 5.32 Å². The van der Waals surface area contributed by atoms with Crippen LogP contribution in [0.2, 0.25) is 0 Å². The third-order valence-electron chi connectivity index (χ3n) is 5.87. The van der Waals surface area contributed by atoms with Crippen molar-refractivity contribution in [3.05, 3.63) is 71.8 Å². The van der Waals surface area contributed by atoms with E-state index < -0.39 is 54.1 Å². The molecule has 2 rings (SSSR count). The van der Waals surface area contributed by atoms with Gasteiger partial charge in [-0.05, 0) is 58.6 Å². The normalized spacial score (nSPS) is 13.4. The van der Waals surface area contributed by atoms with Crippen LogP contribution in [-0.2, 0) is 37.0 Å². The minimum atomic E-state index is -5.17. The summed E-state index contributed by atoms with van der Waals surface area (Å²) in [5.41, 5.74) is -0.291. The summed E-state index contributed by atoms with van der Waals surface area (Å²) in [5, 5.41) is 2.56. The lowest BCUT2D eigenvalue weighted by Crippen LogP contribution is -2.61. The molecule has 0 bridgehead atoms.